The molecule has 1 aliphatic carbocycles. The summed E-state index contributed by atoms with van der Waals surface area (Å²) in [6.45, 7) is 0. The van der Waals surface area contributed by atoms with Gasteiger partial charge in [0.2, 0.25) is 5.95 Å². The first-order valence-corrected chi connectivity index (χ1v) is 20.0. The first-order chi connectivity index (χ1) is 23.6. The molecular formula is C32H29F5N6O4S3. The molecule has 0 radical (unpaired) electrons. The minimum absolute atomic E-state index is 0.0516. The summed E-state index contributed by atoms with van der Waals surface area (Å²) >= 11 is 1.13. The molecule has 50 heavy (non-hydrogen) atoms. The molecule has 264 valence electrons. The van der Waals surface area contributed by atoms with Gasteiger partial charge in [-0.05, 0) is 56.0 Å². The van der Waals surface area contributed by atoms with Crippen molar-refractivity contribution in [2.24, 2.45) is 5.41 Å². The van der Waals surface area contributed by atoms with Gasteiger partial charge in [-0.2, -0.15) is 0 Å². The first kappa shape index (κ1) is 33.3. The third-order valence-corrected chi connectivity index (χ3v) is 14.5. The van der Waals surface area contributed by atoms with E-state index in [9.17, 15) is 34.4 Å². The number of hydrogen-bond donors (Lipinski definition) is 2. The minimum Gasteiger partial charge on any atom is -0.351 e. The predicted octanol–water partition coefficient (Wildman–Crippen LogP) is 6.24. The third-order valence-electron chi connectivity index (χ3n) is 9.84. The molecule has 0 amide bonds. The summed E-state index contributed by atoms with van der Waals surface area (Å²) in [5.74, 6) is -6.05. The monoisotopic (exact) mass is 752 g/mol. The van der Waals surface area contributed by atoms with E-state index >= 15 is 4.39 Å². The van der Waals surface area contributed by atoms with Crippen LogP contribution in [0.5, 0.6) is 0 Å². The van der Waals surface area contributed by atoms with Crippen LogP contribution in [0.3, 0.4) is 0 Å². The number of thiazole rings is 1. The summed E-state index contributed by atoms with van der Waals surface area (Å²) in [4.78, 5) is 14.6. The molecule has 10 nitrogen and oxygen atoms in total. The van der Waals surface area contributed by atoms with Crippen LogP contribution >= 0.6 is 11.3 Å². The number of halogens is 5. The highest BCUT2D eigenvalue weighted by molar-refractivity contribution is 7.93. The standard InChI is InChI=1S/C32H29F5N6O4S3/c33-21-4-2-5-22(34)28(21)50(46,47)42-23-6-1-3-20(25(23)35)26-27(48-30(41-26)43-18-7-8-19(43)14-32(36,37)13-18)24-9-10-38-29(40-24)39-17-11-31(12-17)15-49(44,45)16-31/h1-6,9-10,17-19,42H,7-8,11-16H2,(H,38,39,40). The van der Waals surface area contributed by atoms with Gasteiger partial charge in [0.25, 0.3) is 15.9 Å². The van der Waals surface area contributed by atoms with Crippen molar-refractivity contribution in [3.05, 3.63) is 66.1 Å². The molecule has 4 aromatic rings. The molecule has 2 N–H and O–H groups in total. The van der Waals surface area contributed by atoms with E-state index in [1.165, 1.54) is 18.3 Å². The van der Waals surface area contributed by atoms with E-state index in [2.05, 4.69) is 15.3 Å². The zero-order valence-electron chi connectivity index (χ0n) is 26.0. The van der Waals surface area contributed by atoms with Crippen molar-refractivity contribution < 1.29 is 38.8 Å². The Morgan fingerprint density at radius 3 is 2.22 bits per heavy atom. The molecule has 8 rings (SSSR count). The lowest BCUT2D eigenvalue weighted by atomic mass is 9.67. The predicted molar refractivity (Wildman–Crippen MR) is 177 cm³/mol. The number of alkyl halides is 2. The lowest BCUT2D eigenvalue weighted by molar-refractivity contribution is -0.0357. The SMILES string of the molecule is O=S1(=O)CC2(CC(Nc3nccc(-c4sc(N5C6CCC5CC(F)(F)C6)nc4-c4cccc(NS(=O)(=O)c5c(F)cccc5F)c4F)n3)C2)C1. The van der Waals surface area contributed by atoms with E-state index in [4.69, 9.17) is 4.98 Å². The fourth-order valence-electron chi connectivity index (χ4n) is 7.90. The molecule has 1 spiro atoms. The summed E-state index contributed by atoms with van der Waals surface area (Å²) in [6, 6.07) is 6.89. The minimum atomic E-state index is -4.91. The Kier molecular flexibility index (Phi) is 7.69. The number of piperidine rings is 1. The molecule has 2 aromatic carbocycles. The molecule has 1 saturated carbocycles. The number of nitrogens with one attached hydrogen (secondary N) is 2. The van der Waals surface area contributed by atoms with Gasteiger partial charge in [0, 0.05) is 48.1 Å². The van der Waals surface area contributed by atoms with Crippen molar-refractivity contribution in [2.45, 2.75) is 67.5 Å². The fourth-order valence-corrected chi connectivity index (χ4v) is 12.5. The van der Waals surface area contributed by atoms with Crippen LogP contribution in [0.15, 0.2) is 53.6 Å². The average molecular weight is 753 g/mol. The number of nitrogens with zero attached hydrogens (tertiary/aromatic N) is 4. The van der Waals surface area contributed by atoms with Crippen molar-refractivity contribution in [1.82, 2.24) is 15.0 Å². The Morgan fingerprint density at radius 1 is 0.900 bits per heavy atom. The lowest BCUT2D eigenvalue weighted by Crippen LogP contribution is -2.60. The van der Waals surface area contributed by atoms with E-state index < -0.39 is 65.9 Å². The van der Waals surface area contributed by atoms with Crippen LogP contribution in [-0.4, -0.2) is 67.3 Å². The number of fused-ring (bicyclic) bond motifs is 2. The molecule has 3 saturated heterocycles. The molecule has 2 unspecified atom stereocenters. The van der Waals surface area contributed by atoms with E-state index in [0.717, 1.165) is 35.6 Å². The Bertz CT molecular complexity index is 2200. The Morgan fingerprint density at radius 2 is 1.56 bits per heavy atom. The zero-order valence-corrected chi connectivity index (χ0v) is 28.5. The molecule has 18 heteroatoms. The molecule has 4 fully saturated rings. The number of aromatic nitrogens is 3. The smallest absolute Gasteiger partial charge is 0.267 e. The topological polar surface area (TPSA) is 134 Å². The van der Waals surface area contributed by atoms with Crippen molar-refractivity contribution in [3.63, 3.8) is 0 Å². The van der Waals surface area contributed by atoms with Crippen molar-refractivity contribution in [2.75, 3.05) is 26.4 Å². The summed E-state index contributed by atoms with van der Waals surface area (Å²) in [6.07, 6.45) is 3.15. The van der Waals surface area contributed by atoms with E-state index in [1.807, 2.05) is 9.62 Å². The van der Waals surface area contributed by atoms with Crippen LogP contribution in [0.2, 0.25) is 0 Å². The molecule has 5 heterocycles. The maximum atomic E-state index is 16.3. The Hall–Kier alpha value is -3.90. The number of sulfone groups is 1. The van der Waals surface area contributed by atoms with Gasteiger partial charge in [0.15, 0.2) is 25.7 Å². The van der Waals surface area contributed by atoms with Gasteiger partial charge in [-0.3, -0.25) is 4.72 Å². The first-order valence-electron chi connectivity index (χ1n) is 15.8. The van der Waals surface area contributed by atoms with E-state index in [0.29, 0.717) is 41.4 Å². The Labute approximate surface area is 288 Å². The summed E-state index contributed by atoms with van der Waals surface area (Å²) in [5, 5.41) is 3.61. The quantitative estimate of drug-likeness (QED) is 0.201. The maximum absolute atomic E-state index is 16.3. The number of sulfonamides is 1. The van der Waals surface area contributed by atoms with Crippen LogP contribution in [-0.2, 0) is 19.9 Å². The normalized spacial score (nSPS) is 23.3. The van der Waals surface area contributed by atoms with Gasteiger partial charge in [-0.25, -0.2) is 53.7 Å². The molecule has 3 aliphatic heterocycles. The maximum Gasteiger partial charge on any atom is 0.267 e. The molecule has 2 atom stereocenters. The second kappa shape index (κ2) is 11.6. The van der Waals surface area contributed by atoms with Crippen molar-refractivity contribution in [3.8, 4) is 21.8 Å². The highest BCUT2D eigenvalue weighted by atomic mass is 32.2. The lowest BCUT2D eigenvalue weighted by Gasteiger charge is -2.53. The summed E-state index contributed by atoms with van der Waals surface area (Å²) < 4.78 is 126. The van der Waals surface area contributed by atoms with Gasteiger partial charge >= 0.3 is 0 Å². The van der Waals surface area contributed by atoms with Crippen molar-refractivity contribution >= 4 is 48.0 Å². The van der Waals surface area contributed by atoms with Gasteiger partial charge in [0.05, 0.1) is 33.5 Å². The zero-order chi connectivity index (χ0) is 35.2. The molecular weight excluding hydrogens is 724 g/mol. The average Bonchev–Trinajstić information content (AvgIpc) is 3.55. The van der Waals surface area contributed by atoms with Gasteiger partial charge in [-0.1, -0.05) is 23.5 Å². The summed E-state index contributed by atoms with van der Waals surface area (Å²) in [5.41, 5.74) is -0.586. The van der Waals surface area contributed by atoms with Gasteiger partial charge < -0.3 is 10.2 Å². The largest absolute Gasteiger partial charge is 0.351 e. The number of rotatable bonds is 8. The van der Waals surface area contributed by atoms with Crippen LogP contribution in [0.25, 0.3) is 21.8 Å². The highest BCUT2D eigenvalue weighted by Gasteiger charge is 2.56. The van der Waals surface area contributed by atoms with Crippen LogP contribution < -0.4 is 14.9 Å². The summed E-state index contributed by atoms with van der Waals surface area (Å²) in [7, 11) is -7.90. The number of benzene rings is 2. The van der Waals surface area contributed by atoms with Crippen LogP contribution in [0.4, 0.5) is 38.7 Å². The van der Waals surface area contributed by atoms with E-state index in [1.54, 1.807) is 6.07 Å². The Balaban J connectivity index is 1.16. The molecule has 4 aliphatic rings. The second-order valence-electron chi connectivity index (χ2n) is 13.6. The highest BCUT2D eigenvalue weighted by Crippen LogP contribution is 2.52. The van der Waals surface area contributed by atoms with Crippen LogP contribution in [0.1, 0.15) is 38.5 Å². The number of hydrogen-bond acceptors (Lipinski definition) is 10. The van der Waals surface area contributed by atoms with Crippen LogP contribution in [0, 0.1) is 22.9 Å². The van der Waals surface area contributed by atoms with Gasteiger partial charge in [0.1, 0.15) is 11.6 Å². The molecule has 2 bridgehead atoms. The van der Waals surface area contributed by atoms with Crippen molar-refractivity contribution in [1.29, 1.82) is 0 Å². The number of anilines is 3. The fraction of sp³-hybridized carbons (Fsp3) is 0.406. The third kappa shape index (κ3) is 5.87. The van der Waals surface area contributed by atoms with E-state index in [-0.39, 0.29) is 53.0 Å². The second-order valence-corrected chi connectivity index (χ2v) is 18.3. The molecule has 2 aromatic heterocycles. The van der Waals surface area contributed by atoms with Gasteiger partial charge in [-0.15, -0.1) is 0 Å².